The van der Waals surface area contributed by atoms with Crippen LogP contribution in [0, 0.1) is 0 Å². The summed E-state index contributed by atoms with van der Waals surface area (Å²) in [5.41, 5.74) is -0.329. The van der Waals surface area contributed by atoms with E-state index in [1.165, 1.54) is 46.8 Å². The van der Waals surface area contributed by atoms with E-state index in [2.05, 4.69) is 0 Å². The molecule has 0 bridgehead atoms. The van der Waals surface area contributed by atoms with Crippen LogP contribution in [0.5, 0.6) is 5.75 Å². The number of methoxy groups -OCH3 is 1. The Hall–Kier alpha value is -4.21. The van der Waals surface area contributed by atoms with E-state index in [9.17, 15) is 27.6 Å². The maximum absolute atomic E-state index is 14.3. The molecule has 6 rings (SSSR count). The van der Waals surface area contributed by atoms with Gasteiger partial charge in [-0.2, -0.15) is 13.2 Å². The van der Waals surface area contributed by atoms with Crippen molar-refractivity contribution in [2.45, 2.75) is 29.0 Å². The minimum atomic E-state index is -4.60. The van der Waals surface area contributed by atoms with E-state index in [-0.39, 0.29) is 55.7 Å². The van der Waals surface area contributed by atoms with Crippen LogP contribution in [-0.4, -0.2) is 74.7 Å². The predicted molar refractivity (Wildman–Crippen MR) is 154 cm³/mol. The van der Waals surface area contributed by atoms with Crippen molar-refractivity contribution < 1.29 is 46.4 Å². The number of ether oxygens (including phenoxy) is 5. The lowest BCUT2D eigenvalue weighted by molar-refractivity contribution is -0.138. The molecule has 3 aromatic rings. The number of morpholine rings is 1. The Bertz CT molecular complexity index is 1670. The molecule has 0 saturated carbocycles. The van der Waals surface area contributed by atoms with Crippen molar-refractivity contribution in [1.29, 1.82) is 0 Å². The molecule has 1 fully saturated rings. The molecule has 45 heavy (non-hydrogen) atoms. The fraction of sp³-hybridized carbons (Fsp3) is 0.367. The van der Waals surface area contributed by atoms with Crippen molar-refractivity contribution in [2.75, 3.05) is 51.9 Å². The number of fused-ring (bicyclic) bond motifs is 4. The number of amides is 1. The van der Waals surface area contributed by atoms with Crippen LogP contribution in [0.3, 0.4) is 0 Å². The van der Waals surface area contributed by atoms with Crippen molar-refractivity contribution in [3.05, 3.63) is 92.9 Å². The van der Waals surface area contributed by atoms with E-state index >= 15 is 0 Å². The summed E-state index contributed by atoms with van der Waals surface area (Å²) in [5, 5.41) is 1.76. The maximum Gasteiger partial charge on any atom is 0.511 e. The second kappa shape index (κ2) is 12.7. The van der Waals surface area contributed by atoms with Gasteiger partial charge in [-0.15, -0.1) is 11.8 Å². The number of nitrogens with zero attached hydrogens (tertiary/aromatic N) is 3. The van der Waals surface area contributed by atoms with E-state index in [0.717, 1.165) is 16.5 Å². The van der Waals surface area contributed by atoms with Crippen LogP contribution in [0.2, 0.25) is 0 Å². The van der Waals surface area contributed by atoms with Gasteiger partial charge in [0.2, 0.25) is 18.0 Å². The number of thioether (sulfide) groups is 1. The van der Waals surface area contributed by atoms with Crippen molar-refractivity contribution >= 4 is 23.8 Å². The highest BCUT2D eigenvalue weighted by Gasteiger charge is 2.47. The highest BCUT2D eigenvalue weighted by Crippen LogP contribution is 2.47. The summed E-state index contributed by atoms with van der Waals surface area (Å²) in [6.07, 6.45) is -5.02. The highest BCUT2D eigenvalue weighted by atomic mass is 32.2. The smallest absolute Gasteiger partial charge is 0.451 e. The lowest BCUT2D eigenvalue weighted by atomic mass is 9.91. The Morgan fingerprint density at radius 1 is 1.04 bits per heavy atom. The van der Waals surface area contributed by atoms with Gasteiger partial charge in [-0.05, 0) is 28.8 Å². The number of carbonyl (C=O) groups excluding carboxylic acids is 2. The van der Waals surface area contributed by atoms with Crippen molar-refractivity contribution in [2.24, 2.45) is 0 Å². The number of carbonyl (C=O) groups is 2. The van der Waals surface area contributed by atoms with Gasteiger partial charge in [-0.1, -0.05) is 30.3 Å². The Morgan fingerprint density at radius 2 is 1.84 bits per heavy atom. The second-order valence-electron chi connectivity index (χ2n) is 10.2. The Kier molecular flexibility index (Phi) is 8.66. The molecule has 1 saturated heterocycles. The highest BCUT2D eigenvalue weighted by molar-refractivity contribution is 7.98. The average molecular weight is 648 g/mol. The summed E-state index contributed by atoms with van der Waals surface area (Å²) in [7, 11) is 1.43. The predicted octanol–water partition coefficient (Wildman–Crippen LogP) is 4.15. The van der Waals surface area contributed by atoms with Crippen molar-refractivity contribution in [3.8, 4) is 5.75 Å². The topological polar surface area (TPSA) is 109 Å². The van der Waals surface area contributed by atoms with Gasteiger partial charge in [-0.25, -0.2) is 4.79 Å². The first-order valence-electron chi connectivity index (χ1n) is 14.0. The maximum atomic E-state index is 14.3. The normalized spacial score (nSPS) is 19.1. The van der Waals surface area contributed by atoms with Gasteiger partial charge in [0.1, 0.15) is 12.8 Å². The van der Waals surface area contributed by atoms with E-state index in [1.54, 1.807) is 17.1 Å². The molecule has 0 spiro atoms. The molecule has 11 nitrogen and oxygen atoms in total. The van der Waals surface area contributed by atoms with Crippen LogP contribution in [0.1, 0.15) is 38.8 Å². The Morgan fingerprint density at radius 3 is 2.64 bits per heavy atom. The largest absolute Gasteiger partial charge is 0.511 e. The summed E-state index contributed by atoms with van der Waals surface area (Å²) >= 11 is 1.30. The number of rotatable bonds is 7. The monoisotopic (exact) mass is 647 g/mol. The van der Waals surface area contributed by atoms with Gasteiger partial charge in [0, 0.05) is 36.6 Å². The van der Waals surface area contributed by atoms with Crippen LogP contribution in [-0.2, 0) is 30.9 Å². The summed E-state index contributed by atoms with van der Waals surface area (Å²) in [6.45, 7) is -0.230. The number of alkyl halides is 3. The van der Waals surface area contributed by atoms with Gasteiger partial charge in [-0.3, -0.25) is 19.3 Å². The zero-order valence-electron chi connectivity index (χ0n) is 24.0. The van der Waals surface area contributed by atoms with Gasteiger partial charge in [0.05, 0.1) is 31.4 Å². The fourth-order valence-corrected chi connectivity index (χ4v) is 6.92. The minimum absolute atomic E-state index is 0.0596. The molecule has 0 N–H and O–H groups in total. The molecule has 0 aliphatic carbocycles. The molecular weight excluding hydrogens is 619 g/mol. The van der Waals surface area contributed by atoms with E-state index in [0.29, 0.717) is 5.56 Å². The van der Waals surface area contributed by atoms with E-state index < -0.39 is 48.2 Å². The van der Waals surface area contributed by atoms with Gasteiger partial charge in [0.25, 0.3) is 5.91 Å². The standard InChI is InChI=1S/C30H28F3N3O8S/c1-40-13-14-42-29(39)44-17-43-27-22(37)9-10-35-26(27)28(38)34-11-12-41-15-24(34)36(35)25-18-6-4-7-21(30(31,32)33)20(18)16-45-23-8-3-2-5-19(23)25/h2-10,24-25H,11-17H2,1H3/t24-,25+/m1/s1. The molecule has 0 unspecified atom stereocenters. The lowest BCUT2D eigenvalue weighted by Crippen LogP contribution is -2.66. The molecule has 0 radical (unpaired) electrons. The number of pyridine rings is 1. The molecule has 238 valence electrons. The summed E-state index contributed by atoms with van der Waals surface area (Å²) in [6, 6.07) is 11.8. The zero-order chi connectivity index (χ0) is 31.7. The number of aromatic nitrogens is 1. The molecule has 2 aromatic carbocycles. The molecule has 2 atom stereocenters. The van der Waals surface area contributed by atoms with E-state index in [4.69, 9.17) is 23.7 Å². The summed E-state index contributed by atoms with van der Waals surface area (Å²) < 4.78 is 70.3. The van der Waals surface area contributed by atoms with Gasteiger partial charge < -0.3 is 28.6 Å². The van der Waals surface area contributed by atoms with Crippen LogP contribution in [0.4, 0.5) is 18.0 Å². The second-order valence-corrected chi connectivity index (χ2v) is 11.3. The average Bonchev–Trinajstić information content (AvgIpc) is 3.19. The summed E-state index contributed by atoms with van der Waals surface area (Å²) in [4.78, 5) is 41.3. The van der Waals surface area contributed by atoms with Crippen LogP contribution in [0.25, 0.3) is 0 Å². The molecule has 1 aromatic heterocycles. The molecule has 15 heteroatoms. The fourth-order valence-electron chi connectivity index (χ4n) is 5.77. The number of hydrogen-bond donors (Lipinski definition) is 0. The van der Waals surface area contributed by atoms with Crippen molar-refractivity contribution in [3.63, 3.8) is 0 Å². The third kappa shape index (κ3) is 5.82. The van der Waals surface area contributed by atoms with Crippen molar-refractivity contribution in [1.82, 2.24) is 9.58 Å². The molecule has 4 heterocycles. The quantitative estimate of drug-likeness (QED) is 0.211. The number of halogens is 3. The first-order valence-corrected chi connectivity index (χ1v) is 14.9. The molecule has 1 amide bonds. The minimum Gasteiger partial charge on any atom is -0.451 e. The zero-order valence-corrected chi connectivity index (χ0v) is 24.8. The van der Waals surface area contributed by atoms with Gasteiger partial charge >= 0.3 is 12.3 Å². The van der Waals surface area contributed by atoms with Crippen LogP contribution < -0.4 is 15.2 Å². The number of benzene rings is 2. The SMILES string of the molecule is COCCOC(=O)OCOc1c2n(ccc1=O)N([C@@H]1c3ccccc3SCc3c1cccc3C(F)(F)F)[C@@H]1COCCN1C2=O. The van der Waals surface area contributed by atoms with Crippen LogP contribution >= 0.6 is 11.8 Å². The molecule has 3 aliphatic rings. The van der Waals surface area contributed by atoms with Gasteiger partial charge in [0.15, 0.2) is 5.69 Å². The number of hydrogen-bond acceptors (Lipinski definition) is 10. The van der Waals surface area contributed by atoms with E-state index in [1.807, 2.05) is 18.2 Å². The third-order valence-electron chi connectivity index (χ3n) is 7.71. The Labute approximate surface area is 259 Å². The molecule has 3 aliphatic heterocycles. The first-order chi connectivity index (χ1) is 21.7. The van der Waals surface area contributed by atoms with Crippen LogP contribution in [0.15, 0.2) is 64.4 Å². The Balaban J connectivity index is 1.49. The summed E-state index contributed by atoms with van der Waals surface area (Å²) in [5.74, 6) is -0.863. The third-order valence-corrected chi connectivity index (χ3v) is 8.82. The lowest BCUT2D eigenvalue weighted by Gasteiger charge is -2.51. The first kappa shape index (κ1) is 30.8. The molecular formula is C30H28F3N3O8S.